The fourth-order valence-corrected chi connectivity index (χ4v) is 1.39. The Morgan fingerprint density at radius 1 is 1.56 bits per heavy atom. The highest BCUT2D eigenvalue weighted by Gasteiger charge is 2.05. The molecule has 0 radical (unpaired) electrons. The number of nitrogens with one attached hydrogen (secondary N) is 2. The fraction of sp³-hybridized carbons (Fsp3) is 0.333. The topological polar surface area (TPSA) is 89.5 Å². The van der Waals surface area contributed by atoms with Gasteiger partial charge in [-0.05, 0) is 0 Å². The largest absolute Gasteiger partial charge is 0.383 e. The molecular formula is C9H14N6O. The minimum atomic E-state index is 0.574. The second-order valence-corrected chi connectivity index (χ2v) is 3.20. The number of hydrazine groups is 1. The molecule has 7 heteroatoms. The van der Waals surface area contributed by atoms with E-state index in [1.807, 2.05) is 10.6 Å². The summed E-state index contributed by atoms with van der Waals surface area (Å²) < 4.78 is 6.80. The molecule has 0 spiro atoms. The van der Waals surface area contributed by atoms with Crippen molar-refractivity contribution in [2.45, 2.75) is 0 Å². The van der Waals surface area contributed by atoms with E-state index in [-0.39, 0.29) is 0 Å². The maximum atomic E-state index is 5.33. The third-order valence-corrected chi connectivity index (χ3v) is 2.12. The summed E-state index contributed by atoms with van der Waals surface area (Å²) in [6.45, 7) is 1.27. The van der Waals surface area contributed by atoms with E-state index >= 15 is 0 Å². The molecule has 0 fully saturated rings. The second kappa shape index (κ2) is 4.77. The van der Waals surface area contributed by atoms with Crippen LogP contribution in [-0.4, -0.2) is 34.6 Å². The van der Waals surface area contributed by atoms with Crippen LogP contribution in [0.3, 0.4) is 0 Å². The number of fused-ring (bicyclic) bond motifs is 1. The first-order valence-electron chi connectivity index (χ1n) is 4.88. The van der Waals surface area contributed by atoms with Crippen molar-refractivity contribution in [1.29, 1.82) is 0 Å². The van der Waals surface area contributed by atoms with Crippen molar-refractivity contribution in [1.82, 2.24) is 14.4 Å². The van der Waals surface area contributed by atoms with Gasteiger partial charge in [0.2, 0.25) is 0 Å². The number of anilines is 2. The van der Waals surface area contributed by atoms with Crippen molar-refractivity contribution in [3.05, 3.63) is 18.6 Å². The molecule has 7 nitrogen and oxygen atoms in total. The van der Waals surface area contributed by atoms with Gasteiger partial charge in [0.25, 0.3) is 0 Å². The van der Waals surface area contributed by atoms with Gasteiger partial charge in [0.15, 0.2) is 17.3 Å². The number of rotatable bonds is 5. The summed E-state index contributed by atoms with van der Waals surface area (Å²) in [7, 11) is 1.65. The number of imidazole rings is 1. The number of nitrogens with zero attached hydrogens (tertiary/aromatic N) is 3. The molecule has 0 bridgehead atoms. The zero-order chi connectivity index (χ0) is 11.4. The number of nitrogen functional groups attached to an aromatic ring is 1. The monoisotopic (exact) mass is 222 g/mol. The average molecular weight is 222 g/mol. The van der Waals surface area contributed by atoms with Crippen molar-refractivity contribution < 1.29 is 4.74 Å². The van der Waals surface area contributed by atoms with Crippen LogP contribution < -0.4 is 16.6 Å². The number of methoxy groups -OCH3 is 1. The van der Waals surface area contributed by atoms with E-state index in [9.17, 15) is 0 Å². The molecule has 0 aliphatic heterocycles. The quantitative estimate of drug-likeness (QED) is 0.377. The van der Waals surface area contributed by atoms with Crippen LogP contribution >= 0.6 is 0 Å². The van der Waals surface area contributed by atoms with Gasteiger partial charge in [-0.3, -0.25) is 0 Å². The number of nitrogens with two attached hydrogens (primary N) is 1. The first-order chi connectivity index (χ1) is 7.85. The molecule has 0 saturated heterocycles. The summed E-state index contributed by atoms with van der Waals surface area (Å²) in [4.78, 5) is 8.48. The molecule has 0 aliphatic carbocycles. The Balaban J connectivity index is 2.29. The van der Waals surface area contributed by atoms with Crippen molar-refractivity contribution in [3.8, 4) is 0 Å². The van der Waals surface area contributed by atoms with Crippen LogP contribution in [0.1, 0.15) is 0 Å². The Bertz CT molecular complexity index is 468. The van der Waals surface area contributed by atoms with Crippen LogP contribution in [0.5, 0.6) is 0 Å². The molecular weight excluding hydrogens is 208 g/mol. The lowest BCUT2D eigenvalue weighted by Crippen LogP contribution is -2.14. The third kappa shape index (κ3) is 2.05. The SMILES string of the molecule is COCCNc1nc(NN)cn2ccnc12. The number of aromatic nitrogens is 3. The molecule has 2 heterocycles. The lowest BCUT2D eigenvalue weighted by Gasteiger charge is -2.08. The lowest BCUT2D eigenvalue weighted by atomic mass is 10.5. The van der Waals surface area contributed by atoms with Crippen LogP contribution in [0.4, 0.5) is 11.6 Å². The van der Waals surface area contributed by atoms with Gasteiger partial charge in [-0.2, -0.15) is 0 Å². The number of hydrogen-bond donors (Lipinski definition) is 3. The normalized spacial score (nSPS) is 10.6. The van der Waals surface area contributed by atoms with Crippen LogP contribution in [0.15, 0.2) is 18.6 Å². The Labute approximate surface area is 92.6 Å². The smallest absolute Gasteiger partial charge is 0.180 e. The van der Waals surface area contributed by atoms with E-state index in [2.05, 4.69) is 20.7 Å². The van der Waals surface area contributed by atoms with Gasteiger partial charge in [-0.1, -0.05) is 0 Å². The molecule has 86 valence electrons. The highest BCUT2D eigenvalue weighted by molar-refractivity contribution is 5.65. The van der Waals surface area contributed by atoms with E-state index in [1.165, 1.54) is 0 Å². The molecule has 2 rings (SSSR count). The standard InChI is InChI=1S/C9H14N6O/c1-16-5-3-11-8-9-12-2-4-15(9)6-7(13-8)14-10/h2,4,6,14H,3,5,10H2,1H3,(H,11,13). The minimum Gasteiger partial charge on any atom is -0.383 e. The second-order valence-electron chi connectivity index (χ2n) is 3.20. The zero-order valence-corrected chi connectivity index (χ0v) is 8.97. The number of hydrogen-bond acceptors (Lipinski definition) is 6. The van der Waals surface area contributed by atoms with Crippen LogP contribution in [0, 0.1) is 0 Å². The van der Waals surface area contributed by atoms with Gasteiger partial charge < -0.3 is 19.9 Å². The molecule has 2 aromatic heterocycles. The highest BCUT2D eigenvalue weighted by Crippen LogP contribution is 2.15. The molecule has 0 unspecified atom stereocenters. The first kappa shape index (κ1) is 10.7. The predicted molar refractivity (Wildman–Crippen MR) is 61.2 cm³/mol. The van der Waals surface area contributed by atoms with Crippen molar-refractivity contribution in [2.24, 2.45) is 5.84 Å². The summed E-state index contributed by atoms with van der Waals surface area (Å²) in [6.07, 6.45) is 5.31. The van der Waals surface area contributed by atoms with Gasteiger partial charge in [0, 0.05) is 26.0 Å². The zero-order valence-electron chi connectivity index (χ0n) is 8.97. The summed E-state index contributed by atoms with van der Waals surface area (Å²) in [5.41, 5.74) is 3.27. The van der Waals surface area contributed by atoms with E-state index < -0.39 is 0 Å². The molecule has 4 N–H and O–H groups in total. The van der Waals surface area contributed by atoms with Crippen molar-refractivity contribution in [2.75, 3.05) is 31.0 Å². The number of ether oxygens (including phenoxy) is 1. The Kier molecular flexibility index (Phi) is 3.18. The van der Waals surface area contributed by atoms with E-state index in [0.29, 0.717) is 24.8 Å². The Hall–Kier alpha value is -1.86. The minimum absolute atomic E-state index is 0.574. The highest BCUT2D eigenvalue weighted by atomic mass is 16.5. The average Bonchev–Trinajstić information content (AvgIpc) is 2.77. The summed E-state index contributed by atoms with van der Waals surface area (Å²) in [5, 5.41) is 3.13. The summed E-state index contributed by atoms with van der Waals surface area (Å²) >= 11 is 0. The molecule has 16 heavy (non-hydrogen) atoms. The molecule has 0 aromatic carbocycles. The van der Waals surface area contributed by atoms with Crippen molar-refractivity contribution in [3.63, 3.8) is 0 Å². The van der Waals surface area contributed by atoms with E-state index in [1.54, 1.807) is 19.5 Å². The molecule has 0 aliphatic rings. The van der Waals surface area contributed by atoms with Gasteiger partial charge in [-0.25, -0.2) is 15.8 Å². The Morgan fingerprint density at radius 2 is 2.44 bits per heavy atom. The summed E-state index contributed by atoms with van der Waals surface area (Å²) in [5.74, 6) is 6.59. The van der Waals surface area contributed by atoms with Gasteiger partial charge in [0.05, 0.1) is 12.8 Å². The predicted octanol–water partition coefficient (Wildman–Crippen LogP) is 0.0732. The molecule has 0 amide bonds. The fourth-order valence-electron chi connectivity index (χ4n) is 1.39. The van der Waals surface area contributed by atoms with Crippen LogP contribution in [0.2, 0.25) is 0 Å². The van der Waals surface area contributed by atoms with Gasteiger partial charge in [-0.15, -0.1) is 0 Å². The maximum Gasteiger partial charge on any atom is 0.180 e. The lowest BCUT2D eigenvalue weighted by molar-refractivity contribution is 0.210. The summed E-state index contributed by atoms with van der Waals surface area (Å²) in [6, 6.07) is 0. The van der Waals surface area contributed by atoms with Gasteiger partial charge >= 0.3 is 0 Å². The van der Waals surface area contributed by atoms with E-state index in [4.69, 9.17) is 10.6 Å². The molecule has 0 saturated carbocycles. The third-order valence-electron chi connectivity index (χ3n) is 2.12. The van der Waals surface area contributed by atoms with Gasteiger partial charge in [0.1, 0.15) is 0 Å². The molecule has 2 aromatic rings. The Morgan fingerprint density at radius 3 is 3.19 bits per heavy atom. The van der Waals surface area contributed by atoms with Crippen LogP contribution in [-0.2, 0) is 4.74 Å². The maximum absolute atomic E-state index is 5.33. The van der Waals surface area contributed by atoms with E-state index in [0.717, 1.165) is 5.65 Å². The van der Waals surface area contributed by atoms with Crippen molar-refractivity contribution >= 4 is 17.3 Å². The molecule has 0 atom stereocenters. The van der Waals surface area contributed by atoms with Crippen LogP contribution in [0.25, 0.3) is 5.65 Å². The first-order valence-corrected chi connectivity index (χ1v) is 4.88.